The van der Waals surface area contributed by atoms with Crippen LogP contribution in [0, 0.1) is 0 Å². The van der Waals surface area contributed by atoms with Crippen LogP contribution in [0.5, 0.6) is 0 Å². The molecule has 0 aliphatic rings. The zero-order valence-electron chi connectivity index (χ0n) is 17.5. The van der Waals surface area contributed by atoms with E-state index in [1.165, 1.54) is 17.0 Å². The lowest BCUT2D eigenvalue weighted by atomic mass is 10.1. The highest BCUT2D eigenvalue weighted by molar-refractivity contribution is 7.92. The summed E-state index contributed by atoms with van der Waals surface area (Å²) < 4.78 is 25.8. The first-order chi connectivity index (χ1) is 14.5. The summed E-state index contributed by atoms with van der Waals surface area (Å²) in [5.41, 5.74) is 1.02. The summed E-state index contributed by atoms with van der Waals surface area (Å²) in [6.45, 7) is 3.41. The number of halogens is 2. The van der Waals surface area contributed by atoms with Crippen LogP contribution in [-0.4, -0.2) is 50.5 Å². The molecule has 1 N–H and O–H groups in total. The van der Waals surface area contributed by atoms with E-state index in [0.717, 1.165) is 16.1 Å². The van der Waals surface area contributed by atoms with Gasteiger partial charge in [0, 0.05) is 23.1 Å². The molecule has 0 fully saturated rings. The van der Waals surface area contributed by atoms with E-state index in [0.29, 0.717) is 22.3 Å². The normalized spacial score (nSPS) is 12.2. The van der Waals surface area contributed by atoms with Gasteiger partial charge in [-0.25, -0.2) is 8.42 Å². The molecule has 2 aromatic rings. The van der Waals surface area contributed by atoms with Crippen LogP contribution >= 0.6 is 23.2 Å². The fourth-order valence-corrected chi connectivity index (χ4v) is 4.15. The maximum Gasteiger partial charge on any atom is 0.244 e. The summed E-state index contributed by atoms with van der Waals surface area (Å²) in [5.74, 6) is -0.866. The van der Waals surface area contributed by atoms with Crippen LogP contribution in [0.15, 0.2) is 48.5 Å². The number of amides is 2. The Morgan fingerprint density at radius 2 is 1.71 bits per heavy atom. The number of likely N-dealkylation sites (N-methyl/N-ethyl adjacent to an activating group) is 1. The van der Waals surface area contributed by atoms with Crippen molar-refractivity contribution in [2.75, 3.05) is 23.7 Å². The highest BCUT2D eigenvalue weighted by atomic mass is 35.5. The highest BCUT2D eigenvalue weighted by Crippen LogP contribution is 2.21. The van der Waals surface area contributed by atoms with Gasteiger partial charge in [0.1, 0.15) is 12.6 Å². The summed E-state index contributed by atoms with van der Waals surface area (Å²) in [6, 6.07) is 12.2. The van der Waals surface area contributed by atoms with Crippen molar-refractivity contribution in [2.24, 2.45) is 0 Å². The minimum absolute atomic E-state index is 0.0932. The Labute approximate surface area is 193 Å². The zero-order valence-corrected chi connectivity index (χ0v) is 19.8. The predicted octanol–water partition coefficient (Wildman–Crippen LogP) is 3.31. The van der Waals surface area contributed by atoms with Crippen molar-refractivity contribution in [2.45, 2.75) is 26.4 Å². The number of carbonyl (C=O) groups is 2. The predicted molar refractivity (Wildman–Crippen MR) is 124 cm³/mol. The van der Waals surface area contributed by atoms with Gasteiger partial charge in [0.15, 0.2) is 0 Å². The minimum atomic E-state index is -3.77. The van der Waals surface area contributed by atoms with E-state index in [9.17, 15) is 18.0 Å². The molecule has 2 rings (SSSR count). The van der Waals surface area contributed by atoms with E-state index in [-0.39, 0.29) is 12.5 Å². The molecule has 31 heavy (non-hydrogen) atoms. The lowest BCUT2D eigenvalue weighted by Gasteiger charge is -2.31. The molecule has 2 aromatic carbocycles. The number of carbonyl (C=O) groups excluding carboxylic acids is 2. The van der Waals surface area contributed by atoms with Gasteiger partial charge in [-0.2, -0.15) is 0 Å². The smallest absolute Gasteiger partial charge is 0.244 e. The van der Waals surface area contributed by atoms with Crippen LogP contribution in [0.3, 0.4) is 0 Å². The Hall–Kier alpha value is -2.29. The molecule has 1 atom stereocenters. The van der Waals surface area contributed by atoms with Gasteiger partial charge in [-0.15, -0.1) is 0 Å². The first-order valence-corrected chi connectivity index (χ1v) is 12.2. The summed E-state index contributed by atoms with van der Waals surface area (Å²) in [4.78, 5) is 27.1. The fraction of sp³-hybridized carbons (Fsp3) is 0.333. The van der Waals surface area contributed by atoms with Crippen molar-refractivity contribution in [1.82, 2.24) is 10.2 Å². The molecular weight excluding hydrogens is 461 g/mol. The molecule has 0 saturated heterocycles. The lowest BCUT2D eigenvalue weighted by molar-refractivity contribution is -0.139. The summed E-state index contributed by atoms with van der Waals surface area (Å²) in [5, 5.41) is 3.63. The van der Waals surface area contributed by atoms with Gasteiger partial charge in [-0.05, 0) is 55.8 Å². The van der Waals surface area contributed by atoms with Crippen LogP contribution in [0.25, 0.3) is 0 Å². The van der Waals surface area contributed by atoms with Gasteiger partial charge in [0.05, 0.1) is 11.9 Å². The molecule has 7 nitrogen and oxygen atoms in total. The number of nitrogens with zero attached hydrogens (tertiary/aromatic N) is 2. The first-order valence-electron chi connectivity index (χ1n) is 9.57. The maximum atomic E-state index is 13.3. The van der Waals surface area contributed by atoms with Crippen molar-refractivity contribution in [3.63, 3.8) is 0 Å². The van der Waals surface area contributed by atoms with Crippen LogP contribution in [0.1, 0.15) is 19.4 Å². The second kappa shape index (κ2) is 10.8. The SMILES string of the molecule is CCNC(=O)[C@@H](C)N(Cc1cccc(Cl)c1)C(=O)CN(c1ccc(Cl)cc1)S(C)(=O)=O. The van der Waals surface area contributed by atoms with E-state index in [2.05, 4.69) is 5.32 Å². The van der Waals surface area contributed by atoms with Crippen molar-refractivity contribution < 1.29 is 18.0 Å². The van der Waals surface area contributed by atoms with Crippen molar-refractivity contribution in [3.05, 3.63) is 64.1 Å². The number of benzene rings is 2. The molecule has 0 aliphatic carbocycles. The largest absolute Gasteiger partial charge is 0.355 e. The summed E-state index contributed by atoms with van der Waals surface area (Å²) >= 11 is 12.0. The molecule has 0 bridgehead atoms. The van der Waals surface area contributed by atoms with Gasteiger partial charge in [0.2, 0.25) is 21.8 Å². The van der Waals surface area contributed by atoms with Crippen molar-refractivity contribution in [1.29, 1.82) is 0 Å². The van der Waals surface area contributed by atoms with E-state index >= 15 is 0 Å². The van der Waals surface area contributed by atoms with Crippen LogP contribution in [-0.2, 0) is 26.2 Å². The van der Waals surface area contributed by atoms with E-state index in [1.807, 2.05) is 0 Å². The second-order valence-corrected chi connectivity index (χ2v) is 9.75. The number of rotatable bonds is 9. The number of nitrogens with one attached hydrogen (secondary N) is 1. The Morgan fingerprint density at radius 3 is 2.26 bits per heavy atom. The minimum Gasteiger partial charge on any atom is -0.355 e. The van der Waals surface area contributed by atoms with Gasteiger partial charge in [0.25, 0.3) is 0 Å². The van der Waals surface area contributed by atoms with Crippen LogP contribution < -0.4 is 9.62 Å². The van der Waals surface area contributed by atoms with Crippen molar-refractivity contribution >= 4 is 50.7 Å². The highest BCUT2D eigenvalue weighted by Gasteiger charge is 2.29. The molecule has 0 heterocycles. The summed E-state index contributed by atoms with van der Waals surface area (Å²) in [6.07, 6.45) is 1.02. The zero-order chi connectivity index (χ0) is 23.2. The lowest BCUT2D eigenvalue weighted by Crippen LogP contribution is -2.51. The third-order valence-corrected chi connectivity index (χ3v) is 6.18. The topological polar surface area (TPSA) is 86.8 Å². The van der Waals surface area contributed by atoms with E-state index in [1.54, 1.807) is 50.2 Å². The molecule has 168 valence electrons. The molecule has 10 heteroatoms. The fourth-order valence-electron chi connectivity index (χ4n) is 2.96. The number of hydrogen-bond acceptors (Lipinski definition) is 4. The first kappa shape index (κ1) is 25.0. The Morgan fingerprint density at radius 1 is 1.06 bits per heavy atom. The van der Waals surface area contributed by atoms with E-state index in [4.69, 9.17) is 23.2 Å². The second-order valence-electron chi connectivity index (χ2n) is 6.97. The van der Waals surface area contributed by atoms with Crippen LogP contribution in [0.2, 0.25) is 10.0 Å². The number of anilines is 1. The molecule has 0 spiro atoms. The molecule has 0 aromatic heterocycles. The van der Waals surface area contributed by atoms with Gasteiger partial charge in [-0.3, -0.25) is 13.9 Å². The molecule has 0 radical (unpaired) electrons. The number of sulfonamides is 1. The van der Waals surface area contributed by atoms with Gasteiger partial charge in [-0.1, -0.05) is 35.3 Å². The molecule has 0 aliphatic heterocycles. The maximum absolute atomic E-state index is 13.3. The third-order valence-electron chi connectivity index (χ3n) is 4.55. The van der Waals surface area contributed by atoms with Crippen LogP contribution in [0.4, 0.5) is 5.69 Å². The Kier molecular flexibility index (Phi) is 8.73. The Bertz CT molecular complexity index is 1030. The average molecular weight is 486 g/mol. The standard InChI is InChI=1S/C21H25Cl2N3O4S/c1-4-24-21(28)15(2)25(13-16-6-5-7-18(23)12-16)20(27)14-26(31(3,29)30)19-10-8-17(22)9-11-19/h5-12,15H,4,13-14H2,1-3H3,(H,24,28)/t15-/m1/s1. The van der Waals surface area contributed by atoms with E-state index < -0.39 is 28.5 Å². The van der Waals surface area contributed by atoms with Crippen molar-refractivity contribution in [3.8, 4) is 0 Å². The quantitative estimate of drug-likeness (QED) is 0.589. The molecule has 0 saturated carbocycles. The van der Waals surface area contributed by atoms with Gasteiger partial charge >= 0.3 is 0 Å². The molecule has 2 amide bonds. The number of hydrogen-bond donors (Lipinski definition) is 1. The average Bonchev–Trinajstić information content (AvgIpc) is 2.70. The summed E-state index contributed by atoms with van der Waals surface area (Å²) in [7, 11) is -3.77. The molecule has 0 unspecified atom stereocenters. The Balaban J connectivity index is 2.37. The third kappa shape index (κ3) is 7.12. The van der Waals surface area contributed by atoms with Gasteiger partial charge < -0.3 is 10.2 Å². The monoisotopic (exact) mass is 485 g/mol. The molecular formula is C21H25Cl2N3O4S.